The number of aromatic nitrogens is 2. The van der Waals surface area contributed by atoms with E-state index in [2.05, 4.69) is 15.3 Å². The Balaban J connectivity index is 2.10. The summed E-state index contributed by atoms with van der Waals surface area (Å²) in [5.41, 5.74) is -0.306. The lowest BCUT2D eigenvalue weighted by molar-refractivity contribution is -0.137. The van der Waals surface area contributed by atoms with E-state index in [1.807, 2.05) is 0 Å². The van der Waals surface area contributed by atoms with E-state index in [4.69, 9.17) is 5.11 Å². The van der Waals surface area contributed by atoms with Crippen LogP contribution in [-0.2, 0) is 6.18 Å². The third-order valence-electron chi connectivity index (χ3n) is 3.57. The fourth-order valence-electron chi connectivity index (χ4n) is 2.26. The lowest BCUT2D eigenvalue weighted by atomic mass is 9.95. The summed E-state index contributed by atoms with van der Waals surface area (Å²) in [7, 11) is 0. The molecule has 0 aliphatic carbocycles. The van der Waals surface area contributed by atoms with Gasteiger partial charge in [0.25, 0.3) is 0 Å². The first-order chi connectivity index (χ1) is 11.8. The zero-order chi connectivity index (χ0) is 18.4. The van der Waals surface area contributed by atoms with Gasteiger partial charge in [-0.1, -0.05) is 12.1 Å². The monoisotopic (exact) mass is 355 g/mol. The van der Waals surface area contributed by atoms with Crippen molar-refractivity contribution in [2.75, 3.05) is 18.5 Å². The van der Waals surface area contributed by atoms with Gasteiger partial charge in [-0.2, -0.15) is 13.2 Å². The Bertz CT molecular complexity index is 721. The SMILES string of the molecule is O=C(O)c1ccnc(NCC(CCO)c2ccc(C(F)(F)F)cc2)n1. The molecule has 0 radical (unpaired) electrons. The summed E-state index contributed by atoms with van der Waals surface area (Å²) in [6.07, 6.45) is -2.80. The Kier molecular flexibility index (Phi) is 5.92. The molecular weight excluding hydrogens is 339 g/mol. The van der Waals surface area contributed by atoms with Crippen LogP contribution in [0.15, 0.2) is 36.5 Å². The molecule has 1 unspecified atom stereocenters. The van der Waals surface area contributed by atoms with Crippen molar-refractivity contribution in [1.29, 1.82) is 0 Å². The Hall–Kier alpha value is -2.68. The zero-order valence-electron chi connectivity index (χ0n) is 13.0. The van der Waals surface area contributed by atoms with Crippen LogP contribution in [0.1, 0.15) is 34.0 Å². The molecule has 6 nitrogen and oxygen atoms in total. The van der Waals surface area contributed by atoms with Gasteiger partial charge in [0.05, 0.1) is 5.56 Å². The number of carboxylic acids is 1. The molecule has 25 heavy (non-hydrogen) atoms. The second-order valence-electron chi connectivity index (χ2n) is 5.28. The third-order valence-corrected chi connectivity index (χ3v) is 3.57. The number of nitrogens with zero attached hydrogens (tertiary/aromatic N) is 2. The molecule has 0 bridgehead atoms. The number of alkyl halides is 3. The van der Waals surface area contributed by atoms with E-state index in [1.54, 1.807) is 0 Å². The molecule has 0 aliphatic heterocycles. The number of hydrogen-bond acceptors (Lipinski definition) is 5. The van der Waals surface area contributed by atoms with Gasteiger partial charge in [-0.05, 0) is 30.2 Å². The molecule has 0 saturated heterocycles. The number of hydrogen-bond donors (Lipinski definition) is 3. The van der Waals surface area contributed by atoms with Crippen LogP contribution >= 0.6 is 0 Å². The van der Waals surface area contributed by atoms with E-state index in [0.717, 1.165) is 12.1 Å². The maximum Gasteiger partial charge on any atom is 0.416 e. The largest absolute Gasteiger partial charge is 0.477 e. The lowest BCUT2D eigenvalue weighted by Crippen LogP contribution is -2.17. The summed E-state index contributed by atoms with van der Waals surface area (Å²) in [5.74, 6) is -1.39. The summed E-state index contributed by atoms with van der Waals surface area (Å²) in [6.45, 7) is 0.0817. The average Bonchev–Trinajstić information content (AvgIpc) is 2.58. The van der Waals surface area contributed by atoms with E-state index < -0.39 is 17.7 Å². The van der Waals surface area contributed by atoms with E-state index in [9.17, 15) is 23.1 Å². The van der Waals surface area contributed by atoms with Gasteiger partial charge in [0.1, 0.15) is 0 Å². The van der Waals surface area contributed by atoms with Crippen LogP contribution in [0, 0.1) is 0 Å². The van der Waals surface area contributed by atoms with Crippen LogP contribution in [0.25, 0.3) is 0 Å². The van der Waals surface area contributed by atoms with Gasteiger partial charge < -0.3 is 15.5 Å². The van der Waals surface area contributed by atoms with Crippen molar-refractivity contribution in [3.8, 4) is 0 Å². The molecule has 2 rings (SSSR count). The van der Waals surface area contributed by atoms with Gasteiger partial charge in [0.15, 0.2) is 5.69 Å². The first-order valence-electron chi connectivity index (χ1n) is 7.39. The Morgan fingerprint density at radius 1 is 1.20 bits per heavy atom. The average molecular weight is 355 g/mol. The number of benzene rings is 1. The molecule has 0 amide bonds. The van der Waals surface area contributed by atoms with Crippen LogP contribution in [0.3, 0.4) is 0 Å². The second kappa shape index (κ2) is 7.93. The molecule has 0 spiro atoms. The molecule has 134 valence electrons. The van der Waals surface area contributed by atoms with Crippen LogP contribution < -0.4 is 5.32 Å². The first kappa shape index (κ1) is 18.7. The molecule has 3 N–H and O–H groups in total. The fraction of sp³-hybridized carbons (Fsp3) is 0.312. The molecule has 0 aliphatic rings. The van der Waals surface area contributed by atoms with E-state index in [-0.39, 0.29) is 30.7 Å². The molecule has 2 aromatic rings. The maximum absolute atomic E-state index is 12.6. The van der Waals surface area contributed by atoms with Crippen molar-refractivity contribution in [2.45, 2.75) is 18.5 Å². The normalized spacial score (nSPS) is 12.6. The van der Waals surface area contributed by atoms with Crippen molar-refractivity contribution in [2.24, 2.45) is 0 Å². The highest BCUT2D eigenvalue weighted by atomic mass is 19.4. The Morgan fingerprint density at radius 3 is 2.44 bits per heavy atom. The number of anilines is 1. The minimum Gasteiger partial charge on any atom is -0.477 e. The topological polar surface area (TPSA) is 95.3 Å². The molecule has 1 aromatic carbocycles. The number of aliphatic hydroxyl groups is 1. The first-order valence-corrected chi connectivity index (χ1v) is 7.39. The van der Waals surface area contributed by atoms with Gasteiger partial charge in [0, 0.05) is 25.3 Å². The number of carbonyl (C=O) groups is 1. The van der Waals surface area contributed by atoms with Crippen LogP contribution in [0.4, 0.5) is 19.1 Å². The predicted octanol–water partition coefficient (Wildman–Crippen LogP) is 2.77. The highest BCUT2D eigenvalue weighted by Crippen LogP contribution is 2.30. The quantitative estimate of drug-likeness (QED) is 0.707. The van der Waals surface area contributed by atoms with Crippen molar-refractivity contribution in [3.05, 3.63) is 53.3 Å². The summed E-state index contributed by atoms with van der Waals surface area (Å²) in [5, 5.41) is 20.9. The number of aliphatic hydroxyl groups excluding tert-OH is 1. The number of rotatable bonds is 7. The number of nitrogens with one attached hydrogen (secondary N) is 1. The van der Waals surface area contributed by atoms with Crippen molar-refractivity contribution >= 4 is 11.9 Å². The third kappa shape index (κ3) is 5.15. The van der Waals surface area contributed by atoms with Crippen LogP contribution in [0.5, 0.6) is 0 Å². The molecule has 0 saturated carbocycles. The summed E-state index contributed by atoms with van der Waals surface area (Å²) in [6, 6.07) is 5.94. The number of halogens is 3. The molecular formula is C16H16F3N3O3. The van der Waals surface area contributed by atoms with Gasteiger partial charge in [-0.25, -0.2) is 14.8 Å². The second-order valence-corrected chi connectivity index (χ2v) is 5.28. The van der Waals surface area contributed by atoms with Crippen molar-refractivity contribution in [1.82, 2.24) is 9.97 Å². The summed E-state index contributed by atoms with van der Waals surface area (Å²) < 4.78 is 37.9. The molecule has 1 heterocycles. The van der Waals surface area contributed by atoms with Crippen molar-refractivity contribution in [3.63, 3.8) is 0 Å². The van der Waals surface area contributed by atoms with Gasteiger partial charge in [0.2, 0.25) is 5.95 Å². The van der Waals surface area contributed by atoms with Gasteiger partial charge in [-0.15, -0.1) is 0 Å². The standard InChI is InChI=1S/C16H16F3N3O3/c17-16(18,19)12-3-1-10(2-4-12)11(6-8-23)9-21-15-20-7-5-13(22-15)14(24)25/h1-5,7,11,23H,6,8-9H2,(H,24,25)(H,20,21,22). The molecule has 1 atom stereocenters. The fourth-order valence-corrected chi connectivity index (χ4v) is 2.26. The molecule has 1 aromatic heterocycles. The van der Waals surface area contributed by atoms with Crippen molar-refractivity contribution < 1.29 is 28.2 Å². The molecule has 9 heteroatoms. The minimum absolute atomic E-state index is 0.0924. The maximum atomic E-state index is 12.6. The van der Waals surface area contributed by atoms with Gasteiger partial charge in [-0.3, -0.25) is 0 Å². The number of carboxylic acid groups (broad SMARTS) is 1. The summed E-state index contributed by atoms with van der Waals surface area (Å²) in [4.78, 5) is 18.6. The highest BCUT2D eigenvalue weighted by molar-refractivity contribution is 5.85. The minimum atomic E-state index is -4.41. The Morgan fingerprint density at radius 2 is 1.88 bits per heavy atom. The number of aromatic carboxylic acids is 1. The van der Waals surface area contributed by atoms with E-state index in [0.29, 0.717) is 12.0 Å². The smallest absolute Gasteiger partial charge is 0.416 e. The highest BCUT2D eigenvalue weighted by Gasteiger charge is 2.30. The molecule has 0 fully saturated rings. The summed E-state index contributed by atoms with van der Waals surface area (Å²) >= 11 is 0. The predicted molar refractivity (Wildman–Crippen MR) is 83.4 cm³/mol. The van der Waals surface area contributed by atoms with E-state index >= 15 is 0 Å². The zero-order valence-corrected chi connectivity index (χ0v) is 13.0. The van der Waals surface area contributed by atoms with Crippen LogP contribution in [-0.4, -0.2) is 39.3 Å². The van der Waals surface area contributed by atoms with Gasteiger partial charge >= 0.3 is 12.1 Å². The Labute approximate surface area is 141 Å². The van der Waals surface area contributed by atoms with Crippen LogP contribution in [0.2, 0.25) is 0 Å². The lowest BCUT2D eigenvalue weighted by Gasteiger charge is -2.18. The van der Waals surface area contributed by atoms with E-state index in [1.165, 1.54) is 24.4 Å².